The van der Waals surface area contributed by atoms with Crippen LogP contribution in [-0.4, -0.2) is 32.3 Å². The number of ether oxygens (including phenoxy) is 1. The Morgan fingerprint density at radius 2 is 1.59 bits per heavy atom. The fourth-order valence-corrected chi connectivity index (χ4v) is 5.43. The lowest BCUT2D eigenvalue weighted by Gasteiger charge is -2.34. The molecule has 1 aliphatic rings. The molecule has 0 aromatic heterocycles. The number of nitrogens with zero attached hydrogens (tertiary/aromatic N) is 2. The van der Waals surface area contributed by atoms with Crippen LogP contribution in [-0.2, 0) is 14.8 Å². The van der Waals surface area contributed by atoms with Crippen molar-refractivity contribution in [3.8, 4) is 11.5 Å². The zero-order valence-corrected chi connectivity index (χ0v) is 21.4. The average Bonchev–Trinajstić information content (AvgIpc) is 2.78. The van der Waals surface area contributed by atoms with E-state index in [0.717, 1.165) is 42.0 Å². The number of amides is 1. The Labute approximate surface area is 203 Å². The first kappa shape index (κ1) is 25.7. The zero-order valence-electron chi connectivity index (χ0n) is 20.6. The molecule has 184 valence electrons. The van der Waals surface area contributed by atoms with Gasteiger partial charge in [0.15, 0.2) is 0 Å². The first-order chi connectivity index (χ1) is 15.9. The van der Waals surface area contributed by atoms with Gasteiger partial charge in [-0.05, 0) is 80.3 Å². The zero-order chi connectivity index (χ0) is 24.9. The molecule has 0 aliphatic heterocycles. The van der Waals surface area contributed by atoms with Gasteiger partial charge in [-0.1, -0.05) is 39.0 Å². The minimum absolute atomic E-state index is 0.265. The molecule has 3 rings (SSSR count). The Bertz CT molecular complexity index is 1100. The van der Waals surface area contributed by atoms with E-state index >= 15 is 0 Å². The Morgan fingerprint density at radius 1 is 1.03 bits per heavy atom. The maximum atomic E-state index is 12.8. The Hall–Kier alpha value is -2.87. The highest BCUT2D eigenvalue weighted by molar-refractivity contribution is 7.92. The van der Waals surface area contributed by atoms with Gasteiger partial charge in [-0.3, -0.25) is 9.10 Å². The molecule has 1 amide bonds. The maximum Gasteiger partial charge on any atom is 0.263 e. The second-order valence-electron chi connectivity index (χ2n) is 9.94. The van der Waals surface area contributed by atoms with Crippen LogP contribution in [0.25, 0.3) is 0 Å². The lowest BCUT2D eigenvalue weighted by Crippen LogP contribution is -2.47. The number of benzene rings is 2. The topological polar surface area (TPSA) is 88.1 Å². The van der Waals surface area contributed by atoms with Crippen LogP contribution in [0.2, 0.25) is 0 Å². The summed E-state index contributed by atoms with van der Waals surface area (Å²) in [5.41, 5.74) is 4.19. The smallest absolute Gasteiger partial charge is 0.263 e. The van der Waals surface area contributed by atoms with Crippen molar-refractivity contribution in [2.75, 3.05) is 10.6 Å². The summed E-state index contributed by atoms with van der Waals surface area (Å²) in [5.74, 6) is 1.41. The number of carbonyl (C=O) groups excluding carboxylic acids is 1. The average molecular weight is 486 g/mol. The molecular weight excluding hydrogens is 450 g/mol. The summed E-state index contributed by atoms with van der Waals surface area (Å²) >= 11 is 0. The molecular formula is C26H35N3O4S. The van der Waals surface area contributed by atoms with Crippen LogP contribution in [0.3, 0.4) is 0 Å². The summed E-state index contributed by atoms with van der Waals surface area (Å²) in [6.07, 6.45) is 4.86. The number of anilines is 1. The van der Waals surface area contributed by atoms with Crippen molar-refractivity contribution in [1.29, 1.82) is 0 Å². The lowest BCUT2D eigenvalue weighted by atomic mass is 9.72. The minimum Gasteiger partial charge on any atom is -0.457 e. The summed E-state index contributed by atoms with van der Waals surface area (Å²) in [6.45, 7) is 8.32. The van der Waals surface area contributed by atoms with E-state index in [0.29, 0.717) is 23.1 Å². The van der Waals surface area contributed by atoms with Crippen LogP contribution in [0.15, 0.2) is 59.7 Å². The minimum atomic E-state index is -3.72. The van der Waals surface area contributed by atoms with Gasteiger partial charge in [0.25, 0.3) is 5.91 Å². The van der Waals surface area contributed by atoms with Gasteiger partial charge in [0.2, 0.25) is 10.0 Å². The van der Waals surface area contributed by atoms with Crippen molar-refractivity contribution >= 4 is 27.3 Å². The van der Waals surface area contributed by atoms with Crippen molar-refractivity contribution in [3.63, 3.8) is 0 Å². The third-order valence-electron chi connectivity index (χ3n) is 6.27. The Morgan fingerprint density at radius 3 is 2.12 bits per heavy atom. The number of rotatable bonds is 7. The van der Waals surface area contributed by atoms with Crippen LogP contribution in [0.1, 0.15) is 53.4 Å². The molecule has 0 unspecified atom stereocenters. The number of sulfonamides is 1. The van der Waals surface area contributed by atoms with Gasteiger partial charge in [0.05, 0.1) is 11.9 Å². The van der Waals surface area contributed by atoms with Crippen LogP contribution >= 0.6 is 0 Å². The number of carbonyl (C=O) groups is 1. The van der Waals surface area contributed by atoms with Crippen molar-refractivity contribution < 1.29 is 17.9 Å². The van der Waals surface area contributed by atoms with Gasteiger partial charge in [0.1, 0.15) is 17.5 Å². The molecule has 2 aromatic rings. The second-order valence-corrected chi connectivity index (χ2v) is 11.8. The number of hydrogen-bond donors (Lipinski definition) is 1. The molecule has 1 N–H and O–H groups in total. The van der Waals surface area contributed by atoms with E-state index in [9.17, 15) is 13.2 Å². The standard InChI is InChI=1S/C26H35N3O4S/c1-19(25(30)28-27-21-13-11-20(12-14-21)26(2,3)4)29(34(5,31)32)22-15-17-24(18-16-22)33-23-9-7-6-8-10-23/h6-10,15-20H,11-14H2,1-5H3,(H,28,30)/t19-,20?/m1/s1. The predicted molar refractivity (Wildman–Crippen MR) is 137 cm³/mol. The number of hydrogen-bond acceptors (Lipinski definition) is 5. The molecule has 0 bridgehead atoms. The van der Waals surface area contributed by atoms with Gasteiger partial charge in [-0.15, -0.1) is 0 Å². The van der Waals surface area contributed by atoms with Crippen LogP contribution in [0, 0.1) is 11.3 Å². The van der Waals surface area contributed by atoms with E-state index in [1.807, 2.05) is 30.3 Å². The molecule has 8 heteroatoms. The summed E-state index contributed by atoms with van der Waals surface area (Å²) in [4.78, 5) is 12.8. The highest BCUT2D eigenvalue weighted by Gasteiger charge is 2.30. The van der Waals surface area contributed by atoms with Crippen molar-refractivity contribution in [2.45, 2.75) is 59.4 Å². The van der Waals surface area contributed by atoms with Crippen LogP contribution in [0.4, 0.5) is 5.69 Å². The fourth-order valence-electron chi connectivity index (χ4n) is 4.25. The normalized spacial score (nSPS) is 17.6. The van der Waals surface area contributed by atoms with E-state index in [4.69, 9.17) is 4.74 Å². The third kappa shape index (κ3) is 6.82. The second kappa shape index (κ2) is 10.6. The summed E-state index contributed by atoms with van der Waals surface area (Å²) in [7, 11) is -3.72. The van der Waals surface area contributed by atoms with E-state index in [1.54, 1.807) is 31.2 Å². The lowest BCUT2D eigenvalue weighted by molar-refractivity contribution is -0.121. The number of nitrogens with one attached hydrogen (secondary N) is 1. The highest BCUT2D eigenvalue weighted by atomic mass is 32.2. The fraction of sp³-hybridized carbons (Fsp3) is 0.462. The monoisotopic (exact) mass is 485 g/mol. The van der Waals surface area contributed by atoms with Crippen molar-refractivity contribution in [2.24, 2.45) is 16.4 Å². The molecule has 1 atom stereocenters. The molecule has 34 heavy (non-hydrogen) atoms. The first-order valence-corrected chi connectivity index (χ1v) is 13.5. The molecule has 0 spiro atoms. The van der Waals surface area contributed by atoms with Gasteiger partial charge in [-0.2, -0.15) is 5.10 Å². The molecule has 1 fully saturated rings. The molecule has 0 radical (unpaired) electrons. The van der Waals surface area contributed by atoms with Gasteiger partial charge in [0, 0.05) is 5.71 Å². The first-order valence-electron chi connectivity index (χ1n) is 11.6. The van der Waals surface area contributed by atoms with Gasteiger partial charge < -0.3 is 4.74 Å². The number of hydrazone groups is 1. The van der Waals surface area contributed by atoms with Gasteiger partial charge >= 0.3 is 0 Å². The Kier molecular flexibility index (Phi) is 8.02. The Balaban J connectivity index is 1.67. The van der Waals surface area contributed by atoms with E-state index in [1.165, 1.54) is 0 Å². The highest BCUT2D eigenvalue weighted by Crippen LogP contribution is 2.36. The molecule has 2 aromatic carbocycles. The van der Waals surface area contributed by atoms with Crippen LogP contribution < -0.4 is 14.5 Å². The summed E-state index contributed by atoms with van der Waals surface area (Å²) in [5, 5.41) is 4.32. The number of para-hydroxylation sites is 1. The van der Waals surface area contributed by atoms with Crippen molar-refractivity contribution in [3.05, 3.63) is 54.6 Å². The molecule has 1 aliphatic carbocycles. The summed E-state index contributed by atoms with van der Waals surface area (Å²) in [6, 6.07) is 15.0. The molecule has 1 saturated carbocycles. The molecule has 0 heterocycles. The van der Waals surface area contributed by atoms with Gasteiger partial charge in [-0.25, -0.2) is 13.8 Å². The van der Waals surface area contributed by atoms with Crippen molar-refractivity contribution in [1.82, 2.24) is 5.43 Å². The molecule has 7 nitrogen and oxygen atoms in total. The quantitative estimate of drug-likeness (QED) is 0.536. The maximum absolute atomic E-state index is 12.8. The summed E-state index contributed by atoms with van der Waals surface area (Å²) < 4.78 is 32.0. The van der Waals surface area contributed by atoms with E-state index < -0.39 is 22.0 Å². The van der Waals surface area contributed by atoms with E-state index in [2.05, 4.69) is 31.3 Å². The van der Waals surface area contributed by atoms with Crippen LogP contribution in [0.5, 0.6) is 11.5 Å². The predicted octanol–water partition coefficient (Wildman–Crippen LogP) is 5.34. The SMILES string of the molecule is C[C@H](C(=O)NN=C1CCC(C(C)(C)C)CC1)N(c1ccc(Oc2ccccc2)cc1)S(C)(=O)=O. The van der Waals surface area contributed by atoms with E-state index in [-0.39, 0.29) is 5.41 Å². The molecule has 0 saturated heterocycles. The largest absolute Gasteiger partial charge is 0.457 e. The third-order valence-corrected chi connectivity index (χ3v) is 7.51.